The number of nitrogens with one attached hydrogen (secondary N) is 1. The molecular formula is C16H20N2O2S. The number of aryl methyl sites for hydroxylation is 1. The van der Waals surface area contributed by atoms with Gasteiger partial charge >= 0.3 is 0 Å². The zero-order valence-electron chi connectivity index (χ0n) is 12.3. The lowest BCUT2D eigenvalue weighted by atomic mass is 10.2. The third-order valence-corrected chi connectivity index (χ3v) is 4.73. The molecule has 0 bridgehead atoms. The number of carbonyl (C=O) groups is 1. The summed E-state index contributed by atoms with van der Waals surface area (Å²) in [6, 6.07) is 4.39. The molecule has 112 valence electrons. The quantitative estimate of drug-likeness (QED) is 0.892. The Kier molecular flexibility index (Phi) is 3.87. The summed E-state index contributed by atoms with van der Waals surface area (Å²) in [7, 11) is 0. The lowest BCUT2D eigenvalue weighted by molar-refractivity contribution is 0.0916. The normalized spacial score (nSPS) is 16.0. The Morgan fingerprint density at radius 3 is 2.90 bits per heavy atom. The molecule has 0 unspecified atom stereocenters. The molecule has 1 saturated carbocycles. The topological polar surface area (TPSA) is 54.3 Å². The third-order valence-electron chi connectivity index (χ3n) is 4.02. The van der Waals surface area contributed by atoms with Crippen molar-refractivity contribution in [2.75, 3.05) is 6.54 Å². The highest BCUT2D eigenvalue weighted by Crippen LogP contribution is 2.38. The van der Waals surface area contributed by atoms with E-state index < -0.39 is 6.10 Å². The Balaban J connectivity index is 1.67. The summed E-state index contributed by atoms with van der Waals surface area (Å²) in [6.45, 7) is 4.28. The molecule has 21 heavy (non-hydrogen) atoms. The summed E-state index contributed by atoms with van der Waals surface area (Å²) in [5.74, 6) is -0.107. The van der Waals surface area contributed by atoms with E-state index in [0.717, 1.165) is 22.5 Å². The summed E-state index contributed by atoms with van der Waals surface area (Å²) < 4.78 is 2.25. The molecule has 0 radical (unpaired) electrons. The second-order valence-corrected chi connectivity index (χ2v) is 6.45. The van der Waals surface area contributed by atoms with E-state index >= 15 is 0 Å². The zero-order chi connectivity index (χ0) is 15.0. The van der Waals surface area contributed by atoms with Crippen LogP contribution in [0.5, 0.6) is 0 Å². The van der Waals surface area contributed by atoms with Crippen molar-refractivity contribution in [1.29, 1.82) is 0 Å². The number of carbonyl (C=O) groups excluding carboxylic acids is 1. The zero-order valence-corrected chi connectivity index (χ0v) is 13.1. The van der Waals surface area contributed by atoms with E-state index in [4.69, 9.17) is 0 Å². The predicted molar refractivity (Wildman–Crippen MR) is 83.8 cm³/mol. The van der Waals surface area contributed by atoms with Gasteiger partial charge in [0.15, 0.2) is 0 Å². The van der Waals surface area contributed by atoms with Crippen molar-refractivity contribution >= 4 is 17.2 Å². The summed E-state index contributed by atoms with van der Waals surface area (Å²) in [5, 5.41) is 16.7. The van der Waals surface area contributed by atoms with Gasteiger partial charge in [0, 0.05) is 24.0 Å². The number of hydrogen-bond acceptors (Lipinski definition) is 3. The lowest BCUT2D eigenvalue weighted by Gasteiger charge is -2.11. The van der Waals surface area contributed by atoms with Gasteiger partial charge in [-0.25, -0.2) is 0 Å². The fourth-order valence-electron chi connectivity index (χ4n) is 2.77. The molecule has 1 amide bonds. The Morgan fingerprint density at radius 1 is 1.52 bits per heavy atom. The number of aromatic nitrogens is 1. The minimum Gasteiger partial charge on any atom is -0.387 e. The molecule has 1 aliphatic carbocycles. The Morgan fingerprint density at radius 2 is 2.29 bits per heavy atom. The molecule has 5 heteroatoms. The van der Waals surface area contributed by atoms with Crippen LogP contribution in [0.15, 0.2) is 22.9 Å². The van der Waals surface area contributed by atoms with Crippen LogP contribution in [0.25, 0.3) is 0 Å². The summed E-state index contributed by atoms with van der Waals surface area (Å²) in [4.78, 5) is 12.3. The molecule has 2 aromatic rings. The number of amides is 1. The van der Waals surface area contributed by atoms with E-state index in [2.05, 4.69) is 9.88 Å². The van der Waals surface area contributed by atoms with Gasteiger partial charge in [-0.05, 0) is 55.1 Å². The number of aliphatic hydroxyl groups excluding tert-OH is 1. The van der Waals surface area contributed by atoms with Crippen molar-refractivity contribution in [3.05, 3.63) is 45.4 Å². The molecule has 2 heterocycles. The molecule has 0 saturated heterocycles. The van der Waals surface area contributed by atoms with Crippen molar-refractivity contribution in [3.8, 4) is 0 Å². The van der Waals surface area contributed by atoms with E-state index in [9.17, 15) is 9.90 Å². The van der Waals surface area contributed by atoms with Crippen LogP contribution in [-0.2, 0) is 0 Å². The van der Waals surface area contributed by atoms with Crippen LogP contribution in [0.3, 0.4) is 0 Å². The van der Waals surface area contributed by atoms with Crippen LogP contribution in [-0.4, -0.2) is 22.1 Å². The van der Waals surface area contributed by atoms with Crippen LogP contribution in [0.4, 0.5) is 0 Å². The maximum atomic E-state index is 12.3. The molecule has 1 fully saturated rings. The molecule has 4 nitrogen and oxygen atoms in total. The van der Waals surface area contributed by atoms with Gasteiger partial charge in [-0.2, -0.15) is 11.3 Å². The first-order chi connectivity index (χ1) is 10.1. The maximum absolute atomic E-state index is 12.3. The molecule has 2 aromatic heterocycles. The first kappa shape index (κ1) is 14.4. The monoisotopic (exact) mass is 304 g/mol. The van der Waals surface area contributed by atoms with Crippen molar-refractivity contribution < 1.29 is 9.90 Å². The molecule has 0 aromatic carbocycles. The van der Waals surface area contributed by atoms with Crippen LogP contribution in [0.2, 0.25) is 0 Å². The number of nitrogens with zero attached hydrogens (tertiary/aromatic N) is 1. The van der Waals surface area contributed by atoms with Crippen LogP contribution in [0, 0.1) is 13.8 Å². The van der Waals surface area contributed by atoms with Gasteiger partial charge in [0.2, 0.25) is 0 Å². The van der Waals surface area contributed by atoms with Gasteiger partial charge in [0.25, 0.3) is 5.91 Å². The van der Waals surface area contributed by atoms with Crippen LogP contribution < -0.4 is 5.32 Å². The highest BCUT2D eigenvalue weighted by molar-refractivity contribution is 7.07. The number of hydrogen-bond donors (Lipinski definition) is 2. The summed E-state index contributed by atoms with van der Waals surface area (Å²) in [5.41, 5.74) is 3.73. The summed E-state index contributed by atoms with van der Waals surface area (Å²) in [6.07, 6.45) is 1.76. The summed E-state index contributed by atoms with van der Waals surface area (Å²) >= 11 is 1.54. The highest BCUT2D eigenvalue weighted by Gasteiger charge is 2.28. The van der Waals surface area contributed by atoms with Gasteiger partial charge in [0.05, 0.1) is 11.7 Å². The predicted octanol–water partition coefficient (Wildman–Crippen LogP) is 2.96. The smallest absolute Gasteiger partial charge is 0.253 e. The first-order valence-electron chi connectivity index (χ1n) is 7.24. The fourth-order valence-corrected chi connectivity index (χ4v) is 3.48. The van der Waals surface area contributed by atoms with Crippen molar-refractivity contribution in [2.24, 2.45) is 0 Å². The molecular weight excluding hydrogens is 284 g/mol. The van der Waals surface area contributed by atoms with Crippen molar-refractivity contribution in [2.45, 2.75) is 38.8 Å². The second kappa shape index (κ2) is 5.66. The van der Waals surface area contributed by atoms with Crippen LogP contribution in [0.1, 0.15) is 52.3 Å². The van der Waals surface area contributed by atoms with E-state index in [1.165, 1.54) is 12.8 Å². The fraction of sp³-hybridized carbons (Fsp3) is 0.438. The van der Waals surface area contributed by atoms with Crippen molar-refractivity contribution in [3.63, 3.8) is 0 Å². The van der Waals surface area contributed by atoms with Crippen LogP contribution >= 0.6 is 11.3 Å². The lowest BCUT2D eigenvalue weighted by Crippen LogP contribution is -2.28. The maximum Gasteiger partial charge on any atom is 0.253 e. The standard InChI is InChI=1S/C16H20N2O2S/c1-10-7-14(11(2)18(10)13-3-4-13)16(20)17-8-15(19)12-5-6-21-9-12/h5-7,9,13,15,19H,3-4,8H2,1-2H3,(H,17,20)/t15-/m0/s1. The molecule has 2 N–H and O–H groups in total. The minimum absolute atomic E-state index is 0.107. The van der Waals surface area contributed by atoms with Gasteiger partial charge in [0.1, 0.15) is 0 Å². The average molecular weight is 304 g/mol. The Bertz CT molecular complexity index is 642. The third kappa shape index (κ3) is 2.89. The molecule has 1 aliphatic rings. The van der Waals surface area contributed by atoms with E-state index in [-0.39, 0.29) is 12.5 Å². The molecule has 0 spiro atoms. The minimum atomic E-state index is -0.646. The molecule has 0 aliphatic heterocycles. The largest absolute Gasteiger partial charge is 0.387 e. The van der Waals surface area contributed by atoms with E-state index in [1.54, 1.807) is 11.3 Å². The SMILES string of the molecule is Cc1cc(C(=O)NC[C@H](O)c2ccsc2)c(C)n1C1CC1. The average Bonchev–Trinajstić information content (AvgIpc) is 3.03. The van der Waals surface area contributed by atoms with E-state index in [1.807, 2.05) is 36.7 Å². The Hall–Kier alpha value is -1.59. The number of rotatable bonds is 5. The van der Waals surface area contributed by atoms with Gasteiger partial charge < -0.3 is 15.0 Å². The van der Waals surface area contributed by atoms with Gasteiger partial charge in [-0.1, -0.05) is 0 Å². The highest BCUT2D eigenvalue weighted by atomic mass is 32.1. The Labute approximate surface area is 128 Å². The van der Waals surface area contributed by atoms with Crippen molar-refractivity contribution in [1.82, 2.24) is 9.88 Å². The van der Waals surface area contributed by atoms with Gasteiger partial charge in [-0.3, -0.25) is 4.79 Å². The number of thiophene rings is 1. The molecule has 1 atom stereocenters. The van der Waals surface area contributed by atoms with E-state index in [0.29, 0.717) is 6.04 Å². The molecule has 3 rings (SSSR count). The van der Waals surface area contributed by atoms with Gasteiger partial charge in [-0.15, -0.1) is 0 Å². The number of aliphatic hydroxyl groups is 1. The first-order valence-corrected chi connectivity index (χ1v) is 8.19. The second-order valence-electron chi connectivity index (χ2n) is 5.67.